The Morgan fingerprint density at radius 1 is 0.939 bits per heavy atom. The number of ether oxygens (including phenoxy) is 5. The summed E-state index contributed by atoms with van der Waals surface area (Å²) in [6.45, 7) is 0. The van der Waals surface area contributed by atoms with Crippen LogP contribution in [0.1, 0.15) is 50.2 Å². The Morgan fingerprint density at radius 3 is 2.12 bits per heavy atom. The SMILES string of the molecule is COc1cc(OC)c(C2OC34CCCCCCC3C(C#N)(C(=N)O4)C2(C#N)C#N)c(OC)c1. The molecule has 2 bridgehead atoms. The number of rotatable bonds is 4. The first-order valence-electron chi connectivity index (χ1n) is 10.9. The summed E-state index contributed by atoms with van der Waals surface area (Å²) in [6.07, 6.45) is 3.22. The third-order valence-electron chi connectivity index (χ3n) is 7.33. The lowest BCUT2D eigenvalue weighted by atomic mass is 9.52. The predicted octanol–water partition coefficient (Wildman–Crippen LogP) is 4.00. The average molecular weight is 450 g/mol. The largest absolute Gasteiger partial charge is 0.496 e. The van der Waals surface area contributed by atoms with Gasteiger partial charge in [-0.15, -0.1) is 0 Å². The van der Waals surface area contributed by atoms with Crippen molar-refractivity contribution in [1.82, 2.24) is 0 Å². The second kappa shape index (κ2) is 8.14. The third kappa shape index (κ3) is 2.81. The van der Waals surface area contributed by atoms with Gasteiger partial charge in [0.05, 0.1) is 51.0 Å². The Balaban J connectivity index is 2.04. The van der Waals surface area contributed by atoms with E-state index < -0.39 is 28.6 Å². The van der Waals surface area contributed by atoms with Crippen LogP contribution in [0.15, 0.2) is 12.1 Å². The van der Waals surface area contributed by atoms with Crippen LogP contribution in [0.2, 0.25) is 0 Å². The fraction of sp³-hybridized carbons (Fsp3) is 0.583. The molecular formula is C24H26N4O5. The first-order chi connectivity index (χ1) is 15.9. The standard InChI is InChI=1S/C24H26N4O5/c1-29-15-10-16(30-2)19(17(11-15)31-3)20-22(12-25,13-26)23(14-27)18-8-6-4-5-7-9-24(18,32-20)33-21(23)28/h10-11,18,20,28H,4-9H2,1-3H3. The highest BCUT2D eigenvalue weighted by Crippen LogP contribution is 2.70. The van der Waals surface area contributed by atoms with Gasteiger partial charge in [0.1, 0.15) is 23.4 Å². The summed E-state index contributed by atoms with van der Waals surface area (Å²) in [7, 11) is 4.40. The molecular weight excluding hydrogens is 424 g/mol. The van der Waals surface area contributed by atoms with E-state index in [4.69, 9.17) is 29.1 Å². The highest BCUT2D eigenvalue weighted by Gasteiger charge is 2.80. The van der Waals surface area contributed by atoms with E-state index in [2.05, 4.69) is 18.2 Å². The molecule has 4 atom stereocenters. The predicted molar refractivity (Wildman–Crippen MR) is 114 cm³/mol. The fourth-order valence-corrected chi connectivity index (χ4v) is 5.76. The lowest BCUT2D eigenvalue weighted by Crippen LogP contribution is -2.59. The van der Waals surface area contributed by atoms with Gasteiger partial charge in [-0.25, -0.2) is 0 Å². The molecule has 172 valence electrons. The zero-order valence-corrected chi connectivity index (χ0v) is 18.9. The summed E-state index contributed by atoms with van der Waals surface area (Å²) < 4.78 is 29.1. The Labute approximate surface area is 192 Å². The summed E-state index contributed by atoms with van der Waals surface area (Å²) in [6, 6.07) is 9.61. The van der Waals surface area contributed by atoms with Crippen molar-refractivity contribution < 1.29 is 23.7 Å². The molecule has 1 saturated carbocycles. The number of methoxy groups -OCH3 is 3. The van der Waals surface area contributed by atoms with E-state index in [0.717, 1.165) is 25.7 Å². The lowest BCUT2D eigenvalue weighted by Gasteiger charge is -2.50. The van der Waals surface area contributed by atoms with Crippen LogP contribution in [-0.4, -0.2) is 33.0 Å². The minimum Gasteiger partial charge on any atom is -0.496 e. The molecule has 0 spiro atoms. The topological polar surface area (TPSA) is 141 Å². The normalized spacial score (nSPS) is 31.9. The second-order valence-electron chi connectivity index (χ2n) is 8.64. The number of benzene rings is 1. The Morgan fingerprint density at radius 2 is 1.58 bits per heavy atom. The minimum absolute atomic E-state index is 0.283. The van der Waals surface area contributed by atoms with Crippen LogP contribution < -0.4 is 14.2 Å². The van der Waals surface area contributed by atoms with Crippen LogP contribution in [0.25, 0.3) is 0 Å². The van der Waals surface area contributed by atoms with Crippen LogP contribution in [0.4, 0.5) is 0 Å². The van der Waals surface area contributed by atoms with Crippen LogP contribution in [0.5, 0.6) is 17.2 Å². The van der Waals surface area contributed by atoms with Crippen molar-refractivity contribution in [1.29, 1.82) is 21.2 Å². The molecule has 0 aromatic heterocycles. The Kier molecular flexibility index (Phi) is 5.60. The molecule has 4 unspecified atom stereocenters. The second-order valence-corrected chi connectivity index (χ2v) is 8.64. The summed E-state index contributed by atoms with van der Waals surface area (Å²) in [5.74, 6) is -1.27. The van der Waals surface area contributed by atoms with Crippen molar-refractivity contribution in [2.75, 3.05) is 21.3 Å². The van der Waals surface area contributed by atoms with Gasteiger partial charge in [0.2, 0.25) is 17.1 Å². The van der Waals surface area contributed by atoms with Gasteiger partial charge in [-0.3, -0.25) is 5.41 Å². The van der Waals surface area contributed by atoms with Crippen molar-refractivity contribution in [2.24, 2.45) is 16.7 Å². The molecule has 4 rings (SSSR count). The molecule has 1 aromatic rings. The Hall–Kier alpha value is -3.48. The molecule has 9 heteroatoms. The number of hydrogen-bond acceptors (Lipinski definition) is 9. The van der Waals surface area contributed by atoms with E-state index >= 15 is 0 Å². The maximum atomic E-state index is 10.5. The van der Waals surface area contributed by atoms with Gasteiger partial charge in [-0.2, -0.15) is 15.8 Å². The van der Waals surface area contributed by atoms with E-state index in [1.165, 1.54) is 21.3 Å². The smallest absolute Gasteiger partial charge is 0.217 e. The molecule has 1 aliphatic carbocycles. The maximum Gasteiger partial charge on any atom is 0.217 e. The van der Waals surface area contributed by atoms with E-state index in [1.54, 1.807) is 12.1 Å². The first-order valence-corrected chi connectivity index (χ1v) is 10.9. The van der Waals surface area contributed by atoms with E-state index in [1.807, 2.05) is 0 Å². The van der Waals surface area contributed by atoms with Gasteiger partial charge in [0, 0.05) is 18.6 Å². The van der Waals surface area contributed by atoms with Crippen LogP contribution in [0, 0.1) is 56.2 Å². The fourth-order valence-electron chi connectivity index (χ4n) is 5.76. The maximum absolute atomic E-state index is 10.5. The molecule has 2 saturated heterocycles. The highest BCUT2D eigenvalue weighted by atomic mass is 16.7. The van der Waals surface area contributed by atoms with Gasteiger partial charge in [0.15, 0.2) is 5.41 Å². The molecule has 33 heavy (non-hydrogen) atoms. The van der Waals surface area contributed by atoms with Gasteiger partial charge in [-0.1, -0.05) is 19.3 Å². The molecule has 1 aromatic carbocycles. The van der Waals surface area contributed by atoms with Gasteiger partial charge < -0.3 is 23.7 Å². The van der Waals surface area contributed by atoms with Crippen molar-refractivity contribution in [3.63, 3.8) is 0 Å². The number of nitriles is 3. The van der Waals surface area contributed by atoms with Crippen LogP contribution in [-0.2, 0) is 9.47 Å². The van der Waals surface area contributed by atoms with Crippen molar-refractivity contribution in [3.8, 4) is 35.5 Å². The van der Waals surface area contributed by atoms with Crippen molar-refractivity contribution in [3.05, 3.63) is 17.7 Å². The number of nitrogens with one attached hydrogen (secondary N) is 1. The zero-order chi connectivity index (χ0) is 23.9. The molecule has 2 heterocycles. The summed E-state index contributed by atoms with van der Waals surface area (Å²) >= 11 is 0. The third-order valence-corrected chi connectivity index (χ3v) is 7.33. The van der Waals surface area contributed by atoms with Crippen LogP contribution >= 0.6 is 0 Å². The van der Waals surface area contributed by atoms with E-state index in [9.17, 15) is 15.8 Å². The van der Waals surface area contributed by atoms with E-state index in [-0.39, 0.29) is 17.4 Å². The molecule has 0 radical (unpaired) electrons. The number of nitrogens with zero attached hydrogens (tertiary/aromatic N) is 3. The van der Waals surface area contributed by atoms with Crippen molar-refractivity contribution >= 4 is 5.90 Å². The highest BCUT2D eigenvalue weighted by molar-refractivity contribution is 5.89. The first kappa shape index (κ1) is 22.7. The summed E-state index contributed by atoms with van der Waals surface area (Å²) in [5.41, 5.74) is -3.56. The Bertz CT molecular complexity index is 1060. The summed E-state index contributed by atoms with van der Waals surface area (Å²) in [4.78, 5) is 0. The van der Waals surface area contributed by atoms with Crippen molar-refractivity contribution in [2.45, 2.75) is 50.4 Å². The molecule has 1 N–H and O–H groups in total. The molecule has 0 amide bonds. The van der Waals surface area contributed by atoms with Crippen LogP contribution in [0.3, 0.4) is 0 Å². The van der Waals surface area contributed by atoms with Gasteiger partial charge >= 0.3 is 0 Å². The lowest BCUT2D eigenvalue weighted by molar-refractivity contribution is -0.289. The number of hydrogen-bond donors (Lipinski definition) is 1. The monoisotopic (exact) mass is 450 g/mol. The summed E-state index contributed by atoms with van der Waals surface area (Å²) in [5, 5.41) is 40.2. The average Bonchev–Trinajstić information content (AvgIpc) is 3.00. The van der Waals surface area contributed by atoms with Gasteiger partial charge in [0.25, 0.3) is 0 Å². The van der Waals surface area contributed by atoms with E-state index in [0.29, 0.717) is 24.2 Å². The zero-order valence-electron chi connectivity index (χ0n) is 18.9. The molecule has 9 nitrogen and oxygen atoms in total. The molecule has 3 fully saturated rings. The van der Waals surface area contributed by atoms with Gasteiger partial charge in [-0.05, 0) is 12.8 Å². The molecule has 3 aliphatic rings. The minimum atomic E-state index is -2.07. The quantitative estimate of drug-likeness (QED) is 0.725. The molecule has 2 aliphatic heterocycles.